The number of carbonyl (C=O) groups excluding carboxylic acids is 1. The maximum Gasteiger partial charge on any atom is 0.260 e. The van der Waals surface area contributed by atoms with Gasteiger partial charge in [0.2, 0.25) is 0 Å². The Morgan fingerprint density at radius 3 is 2.70 bits per heavy atom. The van der Waals surface area contributed by atoms with Crippen LogP contribution in [0.3, 0.4) is 0 Å². The van der Waals surface area contributed by atoms with Crippen LogP contribution in [0.1, 0.15) is 27.2 Å². The fourth-order valence-corrected chi connectivity index (χ4v) is 3.62. The number of pyridine rings is 3. The third-order valence-electron chi connectivity index (χ3n) is 5.40. The van der Waals surface area contributed by atoms with E-state index in [-0.39, 0.29) is 18.0 Å². The van der Waals surface area contributed by atoms with Gasteiger partial charge < -0.3 is 19.4 Å². The molecule has 3 heterocycles. The zero-order valence-electron chi connectivity index (χ0n) is 18.7. The Balaban J connectivity index is 1.60. The van der Waals surface area contributed by atoms with Gasteiger partial charge in [0, 0.05) is 36.8 Å². The summed E-state index contributed by atoms with van der Waals surface area (Å²) in [6.45, 7) is 2.39. The molecule has 33 heavy (non-hydrogen) atoms. The molecular weight excluding hydrogens is 420 g/mol. The first kappa shape index (κ1) is 22.0. The molecule has 8 nitrogen and oxygen atoms in total. The van der Waals surface area contributed by atoms with Crippen molar-refractivity contribution in [1.29, 1.82) is 0 Å². The first-order chi connectivity index (χ1) is 16.0. The zero-order valence-corrected chi connectivity index (χ0v) is 18.7. The number of nitrogens with zero attached hydrogens (tertiary/aromatic N) is 3. The van der Waals surface area contributed by atoms with Gasteiger partial charge in [0.1, 0.15) is 11.5 Å². The predicted molar refractivity (Wildman–Crippen MR) is 125 cm³/mol. The molecule has 0 aliphatic heterocycles. The molecule has 0 atom stereocenters. The molecule has 3 aromatic heterocycles. The van der Waals surface area contributed by atoms with E-state index in [0.29, 0.717) is 40.2 Å². The number of carbonyl (C=O) groups is 1. The van der Waals surface area contributed by atoms with Crippen LogP contribution in [0.2, 0.25) is 0 Å². The summed E-state index contributed by atoms with van der Waals surface area (Å²) in [6, 6.07) is 12.5. The summed E-state index contributed by atoms with van der Waals surface area (Å²) in [4.78, 5) is 34.6. The molecule has 168 valence electrons. The van der Waals surface area contributed by atoms with Gasteiger partial charge in [0.15, 0.2) is 0 Å². The van der Waals surface area contributed by atoms with Crippen LogP contribution in [-0.4, -0.2) is 34.7 Å². The number of methoxy groups -OCH3 is 2. The Kier molecular flexibility index (Phi) is 6.35. The second kappa shape index (κ2) is 9.52. The molecule has 0 saturated carbocycles. The number of amides is 1. The Labute approximate surface area is 190 Å². The predicted octanol–water partition coefficient (Wildman–Crippen LogP) is 3.10. The molecule has 0 unspecified atom stereocenters. The molecule has 0 bridgehead atoms. The average molecular weight is 444 g/mol. The van der Waals surface area contributed by atoms with Crippen molar-refractivity contribution in [3.63, 3.8) is 0 Å². The van der Waals surface area contributed by atoms with Gasteiger partial charge in [0.25, 0.3) is 11.5 Å². The summed E-state index contributed by atoms with van der Waals surface area (Å²) in [6.07, 6.45) is 5.11. The summed E-state index contributed by atoms with van der Waals surface area (Å²) in [5, 5.41) is 3.28. The standard InChI is InChI=1S/C25H24N4O4/c1-16-20(24(30)27-14-18-6-7-19(32-2)11-23(18)33-3)12-21-22(28-16)8-10-29(25(21)31)15-17-5-4-9-26-13-17/h4-13H,14-15H2,1-3H3,(H,27,30). The normalized spacial score (nSPS) is 10.8. The fraction of sp³-hybridized carbons (Fsp3) is 0.200. The van der Waals surface area contributed by atoms with Crippen molar-refractivity contribution in [3.05, 3.63) is 93.8 Å². The minimum atomic E-state index is -0.318. The molecule has 1 aromatic carbocycles. The van der Waals surface area contributed by atoms with E-state index in [2.05, 4.69) is 15.3 Å². The van der Waals surface area contributed by atoms with E-state index in [4.69, 9.17) is 9.47 Å². The van der Waals surface area contributed by atoms with Crippen molar-refractivity contribution in [2.45, 2.75) is 20.0 Å². The second-order valence-corrected chi connectivity index (χ2v) is 7.52. The van der Waals surface area contributed by atoms with Gasteiger partial charge in [-0.3, -0.25) is 19.6 Å². The molecular formula is C25H24N4O4. The molecule has 1 N–H and O–H groups in total. The molecule has 0 aliphatic carbocycles. The third kappa shape index (κ3) is 4.69. The van der Waals surface area contributed by atoms with E-state index in [1.807, 2.05) is 18.2 Å². The Bertz CT molecular complexity index is 1370. The van der Waals surface area contributed by atoms with Crippen LogP contribution in [0.4, 0.5) is 0 Å². The van der Waals surface area contributed by atoms with Crippen molar-refractivity contribution in [2.75, 3.05) is 14.2 Å². The number of rotatable bonds is 7. The van der Waals surface area contributed by atoms with Gasteiger partial charge in [-0.2, -0.15) is 0 Å². The van der Waals surface area contributed by atoms with Crippen LogP contribution in [0.25, 0.3) is 10.9 Å². The highest BCUT2D eigenvalue weighted by Crippen LogP contribution is 2.24. The smallest absolute Gasteiger partial charge is 0.260 e. The molecule has 0 saturated heterocycles. The van der Waals surface area contributed by atoms with E-state index in [1.54, 1.807) is 68.6 Å². The monoisotopic (exact) mass is 444 g/mol. The maximum atomic E-state index is 13.1. The molecule has 0 radical (unpaired) electrons. The number of hydrogen-bond donors (Lipinski definition) is 1. The number of ether oxygens (including phenoxy) is 2. The first-order valence-electron chi connectivity index (χ1n) is 10.4. The zero-order chi connectivity index (χ0) is 23.4. The van der Waals surface area contributed by atoms with Crippen LogP contribution in [0.15, 0.2) is 65.8 Å². The summed E-state index contributed by atoms with van der Waals surface area (Å²) in [5.74, 6) is 0.960. The van der Waals surface area contributed by atoms with Crippen LogP contribution < -0.4 is 20.3 Å². The maximum absolute atomic E-state index is 13.1. The highest BCUT2D eigenvalue weighted by Gasteiger charge is 2.15. The largest absolute Gasteiger partial charge is 0.497 e. The molecule has 0 aliphatic rings. The summed E-state index contributed by atoms with van der Waals surface area (Å²) in [7, 11) is 3.14. The number of fused-ring (bicyclic) bond motifs is 1. The molecule has 0 spiro atoms. The average Bonchev–Trinajstić information content (AvgIpc) is 2.84. The van der Waals surface area contributed by atoms with Crippen molar-refractivity contribution in [1.82, 2.24) is 19.9 Å². The number of nitrogens with one attached hydrogen (secondary N) is 1. The van der Waals surface area contributed by atoms with Gasteiger partial charge in [-0.1, -0.05) is 6.07 Å². The minimum Gasteiger partial charge on any atom is -0.497 e. The lowest BCUT2D eigenvalue weighted by molar-refractivity contribution is 0.0950. The summed E-state index contributed by atoms with van der Waals surface area (Å²) >= 11 is 0. The molecule has 4 aromatic rings. The second-order valence-electron chi connectivity index (χ2n) is 7.52. The van der Waals surface area contributed by atoms with Crippen LogP contribution in [0, 0.1) is 6.92 Å². The Hall–Kier alpha value is -4.20. The van der Waals surface area contributed by atoms with Crippen LogP contribution >= 0.6 is 0 Å². The van der Waals surface area contributed by atoms with Crippen molar-refractivity contribution in [3.8, 4) is 11.5 Å². The van der Waals surface area contributed by atoms with Gasteiger partial charge in [0.05, 0.1) is 42.9 Å². The quantitative estimate of drug-likeness (QED) is 0.471. The van der Waals surface area contributed by atoms with Crippen molar-refractivity contribution in [2.24, 2.45) is 0 Å². The van der Waals surface area contributed by atoms with Crippen molar-refractivity contribution < 1.29 is 14.3 Å². The lowest BCUT2D eigenvalue weighted by atomic mass is 10.1. The lowest BCUT2D eigenvalue weighted by Crippen LogP contribution is -2.25. The summed E-state index contributed by atoms with van der Waals surface area (Å²) < 4.78 is 12.2. The first-order valence-corrected chi connectivity index (χ1v) is 10.4. The Morgan fingerprint density at radius 2 is 1.97 bits per heavy atom. The number of hydrogen-bond acceptors (Lipinski definition) is 6. The fourth-order valence-electron chi connectivity index (χ4n) is 3.62. The Morgan fingerprint density at radius 1 is 1.12 bits per heavy atom. The van der Waals surface area contributed by atoms with Gasteiger partial charge in [-0.25, -0.2) is 0 Å². The SMILES string of the molecule is COc1ccc(CNC(=O)c2cc3c(=O)n(Cc4cccnc4)ccc3nc2C)c(OC)c1. The van der Waals surface area contributed by atoms with Gasteiger partial charge in [-0.15, -0.1) is 0 Å². The number of benzene rings is 1. The van der Waals surface area contributed by atoms with E-state index >= 15 is 0 Å². The van der Waals surface area contributed by atoms with Gasteiger partial charge >= 0.3 is 0 Å². The van der Waals surface area contributed by atoms with E-state index in [9.17, 15) is 9.59 Å². The highest BCUT2D eigenvalue weighted by molar-refractivity contribution is 5.98. The molecule has 1 amide bonds. The van der Waals surface area contributed by atoms with Gasteiger partial charge in [-0.05, 0) is 42.8 Å². The molecule has 4 rings (SSSR count). The van der Waals surface area contributed by atoms with Crippen LogP contribution in [-0.2, 0) is 13.1 Å². The highest BCUT2D eigenvalue weighted by atomic mass is 16.5. The molecule has 8 heteroatoms. The van der Waals surface area contributed by atoms with E-state index < -0.39 is 0 Å². The number of aryl methyl sites for hydroxylation is 1. The van der Waals surface area contributed by atoms with E-state index in [0.717, 1.165) is 11.1 Å². The third-order valence-corrected chi connectivity index (χ3v) is 5.40. The molecule has 0 fully saturated rings. The minimum absolute atomic E-state index is 0.213. The van der Waals surface area contributed by atoms with Crippen molar-refractivity contribution >= 4 is 16.8 Å². The lowest BCUT2D eigenvalue weighted by Gasteiger charge is -2.13. The van der Waals surface area contributed by atoms with Crippen LogP contribution in [0.5, 0.6) is 11.5 Å². The van der Waals surface area contributed by atoms with E-state index in [1.165, 1.54) is 0 Å². The topological polar surface area (TPSA) is 95.3 Å². The number of aromatic nitrogens is 3. The summed E-state index contributed by atoms with van der Waals surface area (Å²) in [5.41, 5.74) is 2.95.